The molecular formula is C20H32ClIN4O2. The van der Waals surface area contributed by atoms with Crippen molar-refractivity contribution in [3.8, 4) is 5.75 Å². The number of methoxy groups -OCH3 is 1. The molecule has 158 valence electrons. The topological polar surface area (TPSA) is 66.0 Å². The number of aliphatic imine (C=N–C) groups is 1. The lowest BCUT2D eigenvalue weighted by Gasteiger charge is -2.20. The molecule has 1 fully saturated rings. The standard InChI is InChI=1S/C20H31ClN4O2.HI/c1-5-22-20(24-16-9-11-25(13-16)19(26)14(2)3)23-10-8-15-6-7-17(27-4)12-18(15)21;/h6-7,12,14,16H,5,8-11,13H2,1-4H3,(H2,22,23,24);1H. The number of hydrogen-bond donors (Lipinski definition) is 2. The Morgan fingerprint density at radius 1 is 1.43 bits per heavy atom. The normalized spacial score (nSPS) is 16.7. The molecule has 1 aromatic rings. The number of amides is 1. The first-order valence-electron chi connectivity index (χ1n) is 9.60. The lowest BCUT2D eigenvalue weighted by atomic mass is 10.1. The number of rotatable bonds is 7. The van der Waals surface area contributed by atoms with Crippen LogP contribution in [0.2, 0.25) is 5.02 Å². The van der Waals surface area contributed by atoms with Gasteiger partial charge in [0.05, 0.1) is 7.11 Å². The molecule has 1 aliphatic rings. The summed E-state index contributed by atoms with van der Waals surface area (Å²) in [6.45, 7) is 8.87. The second kappa shape index (κ2) is 12.4. The van der Waals surface area contributed by atoms with E-state index in [9.17, 15) is 4.79 Å². The minimum atomic E-state index is 0. The quantitative estimate of drug-likeness (QED) is 0.328. The summed E-state index contributed by atoms with van der Waals surface area (Å²) < 4.78 is 5.18. The number of ether oxygens (including phenoxy) is 1. The molecule has 1 aromatic carbocycles. The zero-order valence-electron chi connectivity index (χ0n) is 17.1. The zero-order chi connectivity index (χ0) is 19.8. The van der Waals surface area contributed by atoms with Crippen molar-refractivity contribution >= 4 is 47.4 Å². The maximum Gasteiger partial charge on any atom is 0.225 e. The van der Waals surface area contributed by atoms with E-state index in [0.717, 1.165) is 49.7 Å². The highest BCUT2D eigenvalue weighted by Crippen LogP contribution is 2.22. The molecule has 0 saturated carbocycles. The molecule has 0 spiro atoms. The molecule has 1 heterocycles. The average molecular weight is 523 g/mol. The third-order valence-electron chi connectivity index (χ3n) is 4.59. The van der Waals surface area contributed by atoms with Gasteiger partial charge in [-0.15, -0.1) is 24.0 Å². The van der Waals surface area contributed by atoms with E-state index in [-0.39, 0.29) is 41.8 Å². The van der Waals surface area contributed by atoms with Crippen LogP contribution in [0.5, 0.6) is 5.75 Å². The highest BCUT2D eigenvalue weighted by atomic mass is 127. The highest BCUT2D eigenvalue weighted by molar-refractivity contribution is 14.0. The Kier molecular flexibility index (Phi) is 11.0. The lowest BCUT2D eigenvalue weighted by Crippen LogP contribution is -2.45. The van der Waals surface area contributed by atoms with Crippen molar-refractivity contribution in [1.82, 2.24) is 15.5 Å². The Morgan fingerprint density at radius 3 is 2.79 bits per heavy atom. The van der Waals surface area contributed by atoms with E-state index in [0.29, 0.717) is 11.6 Å². The van der Waals surface area contributed by atoms with Crippen molar-refractivity contribution in [1.29, 1.82) is 0 Å². The Balaban J connectivity index is 0.00000392. The van der Waals surface area contributed by atoms with Gasteiger partial charge in [-0.3, -0.25) is 9.79 Å². The van der Waals surface area contributed by atoms with E-state index >= 15 is 0 Å². The molecule has 0 bridgehead atoms. The van der Waals surface area contributed by atoms with E-state index in [1.807, 2.05) is 43.9 Å². The number of carbonyl (C=O) groups is 1. The number of nitrogens with zero attached hydrogens (tertiary/aromatic N) is 2. The smallest absolute Gasteiger partial charge is 0.225 e. The van der Waals surface area contributed by atoms with Crippen LogP contribution in [0.3, 0.4) is 0 Å². The monoisotopic (exact) mass is 522 g/mol. The molecule has 2 N–H and O–H groups in total. The Morgan fingerprint density at radius 2 is 2.18 bits per heavy atom. The van der Waals surface area contributed by atoms with Crippen LogP contribution in [0.4, 0.5) is 0 Å². The fraction of sp³-hybridized carbons (Fsp3) is 0.600. The minimum absolute atomic E-state index is 0. The van der Waals surface area contributed by atoms with Crippen LogP contribution in [-0.2, 0) is 11.2 Å². The van der Waals surface area contributed by atoms with E-state index in [1.165, 1.54) is 0 Å². The number of guanidine groups is 1. The summed E-state index contributed by atoms with van der Waals surface area (Å²) in [5, 5.41) is 7.43. The number of benzene rings is 1. The average Bonchev–Trinajstić information content (AvgIpc) is 3.10. The second-order valence-electron chi connectivity index (χ2n) is 7.04. The van der Waals surface area contributed by atoms with Crippen LogP contribution in [0.1, 0.15) is 32.8 Å². The van der Waals surface area contributed by atoms with Gasteiger partial charge in [0.25, 0.3) is 0 Å². The van der Waals surface area contributed by atoms with Crippen LogP contribution in [0, 0.1) is 5.92 Å². The summed E-state index contributed by atoms with van der Waals surface area (Å²) in [6, 6.07) is 5.94. The first-order chi connectivity index (χ1) is 12.9. The largest absolute Gasteiger partial charge is 0.497 e. The predicted molar refractivity (Wildman–Crippen MR) is 126 cm³/mol. The molecule has 28 heavy (non-hydrogen) atoms. The summed E-state index contributed by atoms with van der Waals surface area (Å²) in [6.07, 6.45) is 1.69. The van der Waals surface area contributed by atoms with Gasteiger partial charge in [-0.1, -0.05) is 31.5 Å². The van der Waals surface area contributed by atoms with Crippen molar-refractivity contribution < 1.29 is 9.53 Å². The van der Waals surface area contributed by atoms with Gasteiger partial charge < -0.3 is 20.3 Å². The summed E-state index contributed by atoms with van der Waals surface area (Å²) in [4.78, 5) is 18.7. The molecule has 8 heteroatoms. The first kappa shape index (κ1) is 24.8. The van der Waals surface area contributed by atoms with Gasteiger partial charge in [-0.2, -0.15) is 0 Å². The Hall–Kier alpha value is -1.22. The predicted octanol–water partition coefficient (Wildman–Crippen LogP) is 3.32. The van der Waals surface area contributed by atoms with Gasteiger partial charge in [-0.25, -0.2) is 0 Å². The number of carbonyl (C=O) groups excluding carboxylic acids is 1. The van der Waals surface area contributed by atoms with E-state index in [4.69, 9.17) is 16.3 Å². The van der Waals surface area contributed by atoms with E-state index in [1.54, 1.807) is 7.11 Å². The van der Waals surface area contributed by atoms with E-state index in [2.05, 4.69) is 15.6 Å². The maximum absolute atomic E-state index is 12.1. The number of nitrogens with one attached hydrogen (secondary N) is 2. The molecule has 2 rings (SSSR count). The Bertz CT molecular complexity index is 670. The number of hydrogen-bond acceptors (Lipinski definition) is 3. The first-order valence-corrected chi connectivity index (χ1v) is 9.98. The zero-order valence-corrected chi connectivity index (χ0v) is 20.2. The van der Waals surface area contributed by atoms with Crippen LogP contribution < -0.4 is 15.4 Å². The van der Waals surface area contributed by atoms with Gasteiger partial charge in [0, 0.05) is 43.2 Å². The lowest BCUT2D eigenvalue weighted by molar-refractivity contribution is -0.133. The molecule has 1 amide bonds. The third kappa shape index (κ3) is 7.31. The summed E-state index contributed by atoms with van der Waals surface area (Å²) >= 11 is 6.30. The second-order valence-corrected chi connectivity index (χ2v) is 7.44. The summed E-state index contributed by atoms with van der Waals surface area (Å²) in [7, 11) is 1.63. The van der Waals surface area contributed by atoms with E-state index < -0.39 is 0 Å². The Labute approximate surface area is 190 Å². The molecular weight excluding hydrogens is 491 g/mol. The molecule has 1 atom stereocenters. The summed E-state index contributed by atoms with van der Waals surface area (Å²) in [5.74, 6) is 1.80. The van der Waals surface area contributed by atoms with Crippen LogP contribution >= 0.6 is 35.6 Å². The number of halogens is 2. The van der Waals surface area contributed by atoms with Crippen LogP contribution in [-0.4, -0.2) is 56.1 Å². The molecule has 1 saturated heterocycles. The van der Waals surface area contributed by atoms with Gasteiger partial charge in [-0.05, 0) is 37.5 Å². The highest BCUT2D eigenvalue weighted by Gasteiger charge is 2.27. The van der Waals surface area contributed by atoms with Gasteiger partial charge in [0.15, 0.2) is 5.96 Å². The van der Waals surface area contributed by atoms with Crippen LogP contribution in [0.25, 0.3) is 0 Å². The SMILES string of the molecule is CCNC(=NCCc1ccc(OC)cc1Cl)NC1CCN(C(=O)C(C)C)C1.I. The third-order valence-corrected chi connectivity index (χ3v) is 4.94. The van der Waals surface area contributed by atoms with Crippen molar-refractivity contribution in [2.75, 3.05) is 33.3 Å². The fourth-order valence-electron chi connectivity index (χ4n) is 3.10. The minimum Gasteiger partial charge on any atom is -0.497 e. The summed E-state index contributed by atoms with van der Waals surface area (Å²) in [5.41, 5.74) is 1.05. The van der Waals surface area contributed by atoms with Gasteiger partial charge in [0.2, 0.25) is 5.91 Å². The molecule has 1 unspecified atom stereocenters. The molecule has 1 aliphatic heterocycles. The van der Waals surface area contributed by atoms with Crippen molar-refractivity contribution in [3.63, 3.8) is 0 Å². The number of likely N-dealkylation sites (tertiary alicyclic amines) is 1. The molecule has 6 nitrogen and oxygen atoms in total. The molecule has 0 aromatic heterocycles. The maximum atomic E-state index is 12.1. The van der Waals surface area contributed by atoms with Crippen molar-refractivity contribution in [2.45, 2.75) is 39.7 Å². The van der Waals surface area contributed by atoms with Crippen molar-refractivity contribution in [2.24, 2.45) is 10.9 Å². The van der Waals surface area contributed by atoms with Gasteiger partial charge in [0.1, 0.15) is 5.75 Å². The fourth-order valence-corrected chi connectivity index (χ4v) is 3.37. The van der Waals surface area contributed by atoms with Gasteiger partial charge >= 0.3 is 0 Å². The molecule has 0 aliphatic carbocycles. The van der Waals surface area contributed by atoms with Crippen LogP contribution in [0.15, 0.2) is 23.2 Å². The van der Waals surface area contributed by atoms with Crippen molar-refractivity contribution in [3.05, 3.63) is 28.8 Å². The molecule has 0 radical (unpaired) electrons.